The van der Waals surface area contributed by atoms with Gasteiger partial charge in [-0.1, -0.05) is 48.5 Å². The first kappa shape index (κ1) is 28.8. The van der Waals surface area contributed by atoms with Crippen LogP contribution in [-0.2, 0) is 14.4 Å². The lowest BCUT2D eigenvalue weighted by Gasteiger charge is -2.12. The molecule has 0 heterocycles. The van der Waals surface area contributed by atoms with Crippen LogP contribution in [0.25, 0.3) is 6.08 Å². The SMILES string of the molecule is CC(=O)Nc1ccc(NC(=O)CSc2ccc(NC(=O)/C(=C/c3ccccc3)NC(=O)c3ccccc3)cc2)cc1. The van der Waals surface area contributed by atoms with Crippen molar-refractivity contribution in [3.8, 4) is 0 Å². The Morgan fingerprint density at radius 1 is 0.659 bits per heavy atom. The molecule has 4 rings (SSSR count). The van der Waals surface area contributed by atoms with Crippen molar-refractivity contribution in [2.45, 2.75) is 11.8 Å². The van der Waals surface area contributed by atoms with Crippen LogP contribution in [0.1, 0.15) is 22.8 Å². The Morgan fingerprint density at radius 3 is 1.80 bits per heavy atom. The van der Waals surface area contributed by atoms with Gasteiger partial charge < -0.3 is 21.3 Å². The number of anilines is 3. The molecule has 4 N–H and O–H groups in total. The van der Waals surface area contributed by atoms with Gasteiger partial charge in [-0.2, -0.15) is 0 Å². The fraction of sp³-hybridized carbons (Fsp3) is 0.0625. The molecule has 41 heavy (non-hydrogen) atoms. The number of hydrogen-bond donors (Lipinski definition) is 4. The maximum atomic E-state index is 13.2. The van der Waals surface area contributed by atoms with Crippen molar-refractivity contribution in [2.24, 2.45) is 0 Å². The molecule has 206 valence electrons. The van der Waals surface area contributed by atoms with Crippen molar-refractivity contribution < 1.29 is 19.2 Å². The van der Waals surface area contributed by atoms with Crippen molar-refractivity contribution in [1.29, 1.82) is 0 Å². The first-order chi connectivity index (χ1) is 19.9. The fourth-order valence-electron chi connectivity index (χ4n) is 3.68. The van der Waals surface area contributed by atoms with Gasteiger partial charge >= 0.3 is 0 Å². The highest BCUT2D eigenvalue weighted by molar-refractivity contribution is 8.00. The van der Waals surface area contributed by atoms with E-state index in [9.17, 15) is 19.2 Å². The molecule has 9 heteroatoms. The zero-order valence-electron chi connectivity index (χ0n) is 22.2. The average Bonchev–Trinajstić information content (AvgIpc) is 2.98. The Labute approximate surface area is 242 Å². The quantitative estimate of drug-likeness (QED) is 0.144. The summed E-state index contributed by atoms with van der Waals surface area (Å²) in [6, 6.07) is 31.9. The smallest absolute Gasteiger partial charge is 0.272 e. The topological polar surface area (TPSA) is 116 Å². The Bertz CT molecular complexity index is 1540. The number of amides is 4. The van der Waals surface area contributed by atoms with Crippen molar-refractivity contribution in [3.05, 3.63) is 126 Å². The molecule has 0 radical (unpaired) electrons. The standard InChI is InChI=1S/C32H28N4O4S/c1-22(37)33-25-12-14-26(15-13-25)34-30(38)21-41-28-18-16-27(17-19-28)35-32(40)29(20-23-8-4-2-5-9-23)36-31(39)24-10-6-3-7-11-24/h2-20H,21H2,1H3,(H,33,37)(H,34,38)(H,35,40)(H,36,39)/b29-20-. The molecule has 0 fully saturated rings. The van der Waals surface area contributed by atoms with Crippen molar-refractivity contribution in [2.75, 3.05) is 21.7 Å². The lowest BCUT2D eigenvalue weighted by Crippen LogP contribution is -2.30. The molecule has 0 bridgehead atoms. The molecular formula is C32H28N4O4S. The van der Waals surface area contributed by atoms with Crippen LogP contribution in [0.2, 0.25) is 0 Å². The summed E-state index contributed by atoms with van der Waals surface area (Å²) in [6.07, 6.45) is 1.62. The summed E-state index contributed by atoms with van der Waals surface area (Å²) in [5, 5.41) is 11.0. The second kappa shape index (κ2) is 14.3. The zero-order valence-corrected chi connectivity index (χ0v) is 23.0. The number of benzene rings is 4. The lowest BCUT2D eigenvalue weighted by atomic mass is 10.1. The summed E-state index contributed by atoms with van der Waals surface area (Å²) >= 11 is 1.35. The van der Waals surface area contributed by atoms with E-state index >= 15 is 0 Å². The maximum absolute atomic E-state index is 13.2. The molecule has 0 unspecified atom stereocenters. The third-order valence-corrected chi connectivity index (χ3v) is 6.62. The van der Waals surface area contributed by atoms with E-state index in [1.165, 1.54) is 18.7 Å². The van der Waals surface area contributed by atoms with Crippen LogP contribution in [0.15, 0.2) is 120 Å². The van der Waals surface area contributed by atoms with E-state index in [2.05, 4.69) is 21.3 Å². The van der Waals surface area contributed by atoms with Crippen LogP contribution < -0.4 is 21.3 Å². The Morgan fingerprint density at radius 2 is 1.20 bits per heavy atom. The Hall–Kier alpha value is -5.15. The maximum Gasteiger partial charge on any atom is 0.272 e. The molecular weight excluding hydrogens is 536 g/mol. The molecule has 0 atom stereocenters. The van der Waals surface area contributed by atoms with E-state index < -0.39 is 11.8 Å². The number of carbonyl (C=O) groups is 4. The summed E-state index contributed by atoms with van der Waals surface area (Å²) in [7, 11) is 0. The Balaban J connectivity index is 1.34. The van der Waals surface area contributed by atoms with Gasteiger partial charge in [-0.15, -0.1) is 11.8 Å². The molecule has 0 aromatic heterocycles. The van der Waals surface area contributed by atoms with Gasteiger partial charge in [-0.05, 0) is 72.3 Å². The largest absolute Gasteiger partial charge is 0.326 e. The van der Waals surface area contributed by atoms with E-state index in [1.807, 2.05) is 36.4 Å². The summed E-state index contributed by atoms with van der Waals surface area (Å²) < 4.78 is 0. The van der Waals surface area contributed by atoms with E-state index in [1.54, 1.807) is 78.9 Å². The summed E-state index contributed by atoms with van der Waals surface area (Å²) in [6.45, 7) is 1.43. The second-order valence-electron chi connectivity index (χ2n) is 8.86. The highest BCUT2D eigenvalue weighted by Gasteiger charge is 2.15. The predicted molar refractivity (Wildman–Crippen MR) is 163 cm³/mol. The second-order valence-corrected chi connectivity index (χ2v) is 9.91. The van der Waals surface area contributed by atoms with Gasteiger partial charge in [-0.25, -0.2) is 0 Å². The molecule has 4 amide bonds. The van der Waals surface area contributed by atoms with Gasteiger partial charge in [0, 0.05) is 34.4 Å². The lowest BCUT2D eigenvalue weighted by molar-refractivity contribution is -0.114. The number of hydrogen-bond acceptors (Lipinski definition) is 5. The van der Waals surface area contributed by atoms with E-state index in [0.717, 1.165) is 10.5 Å². The Kier molecular flexibility index (Phi) is 10.1. The first-order valence-electron chi connectivity index (χ1n) is 12.7. The van der Waals surface area contributed by atoms with Crippen LogP contribution in [0.3, 0.4) is 0 Å². The third kappa shape index (κ3) is 9.22. The van der Waals surface area contributed by atoms with Gasteiger partial charge in [0.1, 0.15) is 5.70 Å². The van der Waals surface area contributed by atoms with Crippen LogP contribution in [-0.4, -0.2) is 29.4 Å². The molecule has 0 aliphatic rings. The normalized spacial score (nSPS) is 10.8. The number of carbonyl (C=O) groups excluding carboxylic acids is 4. The minimum Gasteiger partial charge on any atom is -0.326 e. The van der Waals surface area contributed by atoms with Gasteiger partial charge in [0.25, 0.3) is 11.8 Å². The van der Waals surface area contributed by atoms with Crippen molar-refractivity contribution >= 4 is 58.5 Å². The summed E-state index contributed by atoms with van der Waals surface area (Å²) in [5.74, 6) is -1.01. The van der Waals surface area contributed by atoms with Crippen LogP contribution in [0, 0.1) is 0 Å². The number of thioether (sulfide) groups is 1. The highest BCUT2D eigenvalue weighted by atomic mass is 32.2. The summed E-state index contributed by atoms with van der Waals surface area (Å²) in [5.41, 5.74) is 3.12. The molecule has 4 aromatic carbocycles. The minimum atomic E-state index is -0.470. The molecule has 0 aliphatic heterocycles. The first-order valence-corrected chi connectivity index (χ1v) is 13.7. The van der Waals surface area contributed by atoms with E-state index in [4.69, 9.17) is 0 Å². The molecule has 0 aliphatic carbocycles. The van der Waals surface area contributed by atoms with Crippen LogP contribution >= 0.6 is 11.8 Å². The number of rotatable bonds is 10. The molecule has 0 saturated carbocycles. The van der Waals surface area contributed by atoms with E-state index in [0.29, 0.717) is 22.6 Å². The van der Waals surface area contributed by atoms with Gasteiger partial charge in [0.15, 0.2) is 0 Å². The van der Waals surface area contributed by atoms with Gasteiger partial charge in [0.05, 0.1) is 5.75 Å². The van der Waals surface area contributed by atoms with Gasteiger partial charge in [0.2, 0.25) is 11.8 Å². The molecule has 0 spiro atoms. The van der Waals surface area contributed by atoms with Crippen LogP contribution in [0.5, 0.6) is 0 Å². The fourth-order valence-corrected chi connectivity index (χ4v) is 4.38. The van der Waals surface area contributed by atoms with Gasteiger partial charge in [-0.3, -0.25) is 19.2 Å². The third-order valence-electron chi connectivity index (χ3n) is 5.61. The van der Waals surface area contributed by atoms with Crippen molar-refractivity contribution in [3.63, 3.8) is 0 Å². The monoisotopic (exact) mass is 564 g/mol. The molecule has 8 nitrogen and oxygen atoms in total. The molecule has 0 saturated heterocycles. The van der Waals surface area contributed by atoms with E-state index in [-0.39, 0.29) is 23.3 Å². The molecule has 4 aromatic rings. The summed E-state index contributed by atoms with van der Waals surface area (Å²) in [4.78, 5) is 50.3. The highest BCUT2D eigenvalue weighted by Crippen LogP contribution is 2.22. The minimum absolute atomic E-state index is 0.102. The average molecular weight is 565 g/mol. The van der Waals surface area contributed by atoms with Crippen LogP contribution in [0.4, 0.5) is 17.1 Å². The number of nitrogens with one attached hydrogen (secondary N) is 4. The zero-order chi connectivity index (χ0) is 29.0. The van der Waals surface area contributed by atoms with Crippen molar-refractivity contribution in [1.82, 2.24) is 5.32 Å². The predicted octanol–water partition coefficient (Wildman–Crippen LogP) is 5.79.